The van der Waals surface area contributed by atoms with E-state index in [4.69, 9.17) is 9.90 Å². The van der Waals surface area contributed by atoms with Crippen LogP contribution in [0.3, 0.4) is 0 Å². The summed E-state index contributed by atoms with van der Waals surface area (Å²) in [6, 6.07) is 11.9. The maximum atomic E-state index is 12.4. The Kier molecular flexibility index (Phi) is 6.74. The summed E-state index contributed by atoms with van der Waals surface area (Å²) in [4.78, 5) is 23.0. The van der Waals surface area contributed by atoms with E-state index in [0.29, 0.717) is 22.9 Å². The number of alkyl halides is 3. The van der Waals surface area contributed by atoms with Gasteiger partial charge in [-0.1, -0.05) is 12.1 Å². The van der Waals surface area contributed by atoms with Gasteiger partial charge in [0.15, 0.2) is 5.69 Å². The highest BCUT2D eigenvalue weighted by molar-refractivity contribution is 5.92. The van der Waals surface area contributed by atoms with Crippen LogP contribution in [0.5, 0.6) is 0 Å². The van der Waals surface area contributed by atoms with Gasteiger partial charge >= 0.3 is 12.1 Å². The van der Waals surface area contributed by atoms with E-state index >= 15 is 0 Å². The third-order valence-corrected chi connectivity index (χ3v) is 5.24. The molecule has 2 fully saturated rings. The van der Waals surface area contributed by atoms with Gasteiger partial charge in [0.05, 0.1) is 23.4 Å². The minimum absolute atomic E-state index is 0.118. The van der Waals surface area contributed by atoms with E-state index in [0.717, 1.165) is 37.1 Å². The van der Waals surface area contributed by atoms with Crippen LogP contribution < -0.4 is 5.32 Å². The summed E-state index contributed by atoms with van der Waals surface area (Å²) in [6.45, 7) is 1.63. The minimum atomic E-state index is -5.08. The van der Waals surface area contributed by atoms with Crippen LogP contribution in [0.25, 0.3) is 11.3 Å². The number of carbonyl (C=O) groups excluding carboxylic acids is 1. The number of benzene rings is 1. The number of carboxylic acid groups (broad SMARTS) is 1. The van der Waals surface area contributed by atoms with Crippen molar-refractivity contribution in [3.8, 4) is 17.3 Å². The molecule has 1 aliphatic carbocycles. The second-order valence-corrected chi connectivity index (χ2v) is 7.52. The molecule has 8 nitrogen and oxygen atoms in total. The molecule has 0 bridgehead atoms. The first-order chi connectivity index (χ1) is 15.1. The highest BCUT2D eigenvalue weighted by atomic mass is 19.4. The highest BCUT2D eigenvalue weighted by Gasteiger charge is 2.38. The third kappa shape index (κ3) is 5.39. The number of aromatic nitrogens is 2. The van der Waals surface area contributed by atoms with Gasteiger partial charge in [0.2, 0.25) is 0 Å². The van der Waals surface area contributed by atoms with Crippen LogP contribution in [-0.4, -0.2) is 64.4 Å². The number of hydrogen-bond acceptors (Lipinski definition) is 6. The van der Waals surface area contributed by atoms with Crippen molar-refractivity contribution in [1.82, 2.24) is 20.4 Å². The van der Waals surface area contributed by atoms with Crippen LogP contribution in [-0.2, 0) is 4.79 Å². The number of aliphatic carboxylic acids is 1. The molecule has 11 heteroatoms. The Morgan fingerprint density at radius 1 is 1.19 bits per heavy atom. The van der Waals surface area contributed by atoms with Crippen LogP contribution in [0.15, 0.2) is 30.3 Å². The molecular weight excluding hydrogens is 427 g/mol. The van der Waals surface area contributed by atoms with Gasteiger partial charge in [-0.3, -0.25) is 4.79 Å². The Hall–Kier alpha value is -3.52. The number of nitriles is 1. The van der Waals surface area contributed by atoms with E-state index in [2.05, 4.69) is 21.6 Å². The predicted molar refractivity (Wildman–Crippen MR) is 107 cm³/mol. The van der Waals surface area contributed by atoms with Crippen molar-refractivity contribution in [3.63, 3.8) is 0 Å². The number of carbonyl (C=O) groups is 2. The van der Waals surface area contributed by atoms with E-state index in [1.165, 1.54) is 0 Å². The summed E-state index contributed by atoms with van der Waals surface area (Å²) in [5.41, 5.74) is 3.70. The van der Waals surface area contributed by atoms with Gasteiger partial charge in [-0.25, -0.2) is 4.79 Å². The molecule has 4 rings (SSSR count). The fourth-order valence-electron chi connectivity index (χ4n) is 3.06. The molecule has 32 heavy (non-hydrogen) atoms. The summed E-state index contributed by atoms with van der Waals surface area (Å²) in [5.74, 6) is -2.34. The third-order valence-electron chi connectivity index (χ3n) is 5.24. The standard InChI is InChI=1S/C19H19N5O.C2HF3O2/c1-24(15-10-21-11-15)19(25)18-7-6-17(22-23-18)13-4-5-16(12-2-3-12)14(8-13)9-20;3-2(4,5)1(6)7/h4-8,12,15,21H,2-3,10-11H2,1H3;(H,6,7). The maximum Gasteiger partial charge on any atom is 0.490 e. The molecule has 2 aliphatic rings. The number of hydrogen-bond donors (Lipinski definition) is 2. The molecule has 1 saturated heterocycles. The molecule has 168 valence electrons. The average molecular weight is 447 g/mol. The summed E-state index contributed by atoms with van der Waals surface area (Å²) >= 11 is 0. The average Bonchev–Trinajstić information content (AvgIpc) is 3.56. The van der Waals surface area contributed by atoms with Crippen molar-refractivity contribution in [3.05, 3.63) is 47.2 Å². The fourth-order valence-corrected chi connectivity index (χ4v) is 3.06. The minimum Gasteiger partial charge on any atom is -0.475 e. The van der Waals surface area contributed by atoms with Crippen molar-refractivity contribution in [1.29, 1.82) is 5.26 Å². The SMILES string of the molecule is CN(C(=O)c1ccc(-c2ccc(C3CC3)c(C#N)c2)nn1)C1CNC1.O=C(O)C(F)(F)F. The Bertz CT molecular complexity index is 1040. The van der Waals surface area contributed by atoms with Gasteiger partial charge in [-0.05, 0) is 42.5 Å². The number of rotatable bonds is 4. The molecule has 1 amide bonds. The number of carboxylic acids is 1. The number of likely N-dealkylation sites (N-methyl/N-ethyl adjacent to an activating group) is 1. The normalized spacial score (nSPS) is 15.6. The fraction of sp³-hybridized carbons (Fsp3) is 0.381. The van der Waals surface area contributed by atoms with E-state index < -0.39 is 12.1 Å². The van der Waals surface area contributed by atoms with Gasteiger partial charge in [-0.2, -0.15) is 18.4 Å². The Morgan fingerprint density at radius 2 is 1.84 bits per heavy atom. The molecule has 0 unspecified atom stereocenters. The van der Waals surface area contributed by atoms with Crippen molar-refractivity contribution in [2.24, 2.45) is 0 Å². The first kappa shape index (κ1) is 23.1. The number of nitrogens with zero attached hydrogens (tertiary/aromatic N) is 4. The van der Waals surface area contributed by atoms with Crippen molar-refractivity contribution >= 4 is 11.9 Å². The summed E-state index contributed by atoms with van der Waals surface area (Å²) in [6.07, 6.45) is -2.76. The van der Waals surface area contributed by atoms with Crippen molar-refractivity contribution in [2.75, 3.05) is 20.1 Å². The summed E-state index contributed by atoms with van der Waals surface area (Å²) < 4.78 is 31.7. The molecule has 1 saturated carbocycles. The van der Waals surface area contributed by atoms with E-state index in [-0.39, 0.29) is 11.9 Å². The monoisotopic (exact) mass is 447 g/mol. The smallest absolute Gasteiger partial charge is 0.475 e. The largest absolute Gasteiger partial charge is 0.490 e. The summed E-state index contributed by atoms with van der Waals surface area (Å²) in [7, 11) is 1.79. The van der Waals surface area contributed by atoms with Crippen LogP contribution >= 0.6 is 0 Å². The van der Waals surface area contributed by atoms with Gasteiger partial charge in [-0.15, -0.1) is 10.2 Å². The number of halogens is 3. The second-order valence-electron chi connectivity index (χ2n) is 7.52. The van der Waals surface area contributed by atoms with Crippen LogP contribution in [0.1, 0.15) is 40.4 Å². The predicted octanol–water partition coefficient (Wildman–Crippen LogP) is 2.57. The van der Waals surface area contributed by atoms with Crippen LogP contribution in [0.4, 0.5) is 13.2 Å². The van der Waals surface area contributed by atoms with Gasteiger partial charge in [0.1, 0.15) is 0 Å². The van der Waals surface area contributed by atoms with E-state index in [1.807, 2.05) is 18.2 Å². The van der Waals surface area contributed by atoms with Gasteiger partial charge in [0.25, 0.3) is 5.91 Å². The lowest BCUT2D eigenvalue weighted by atomic mass is 9.99. The zero-order chi connectivity index (χ0) is 23.5. The maximum absolute atomic E-state index is 12.4. The number of amides is 1. The van der Waals surface area contributed by atoms with Gasteiger partial charge < -0.3 is 15.3 Å². The van der Waals surface area contributed by atoms with Gasteiger partial charge in [0, 0.05) is 25.7 Å². The van der Waals surface area contributed by atoms with Crippen molar-refractivity contribution < 1.29 is 27.9 Å². The van der Waals surface area contributed by atoms with E-state index in [9.17, 15) is 23.2 Å². The van der Waals surface area contributed by atoms with E-state index in [1.54, 1.807) is 24.1 Å². The molecule has 1 aliphatic heterocycles. The lowest BCUT2D eigenvalue weighted by Gasteiger charge is -2.35. The Morgan fingerprint density at radius 3 is 2.28 bits per heavy atom. The first-order valence-electron chi connectivity index (χ1n) is 9.78. The zero-order valence-corrected chi connectivity index (χ0v) is 17.1. The quantitative estimate of drug-likeness (QED) is 0.739. The van der Waals surface area contributed by atoms with Crippen molar-refractivity contribution in [2.45, 2.75) is 31.0 Å². The summed E-state index contributed by atoms with van der Waals surface area (Å²) in [5, 5.41) is 28.0. The highest BCUT2D eigenvalue weighted by Crippen LogP contribution is 2.42. The second kappa shape index (κ2) is 9.32. The molecule has 2 heterocycles. The molecule has 2 aromatic rings. The molecular formula is C21H20F3N5O3. The number of nitrogens with one attached hydrogen (secondary N) is 1. The van der Waals surface area contributed by atoms with Crippen LogP contribution in [0.2, 0.25) is 0 Å². The molecule has 2 N–H and O–H groups in total. The topological polar surface area (TPSA) is 119 Å². The molecule has 1 aromatic heterocycles. The van der Waals surface area contributed by atoms with Crippen LogP contribution in [0, 0.1) is 11.3 Å². The molecule has 0 atom stereocenters. The lowest BCUT2D eigenvalue weighted by Crippen LogP contribution is -2.57. The zero-order valence-electron chi connectivity index (χ0n) is 17.1. The molecule has 0 radical (unpaired) electrons. The Balaban J connectivity index is 0.000000360. The first-order valence-corrected chi connectivity index (χ1v) is 9.78. The lowest BCUT2D eigenvalue weighted by molar-refractivity contribution is -0.192. The Labute approximate surface area is 181 Å². The molecule has 0 spiro atoms. The molecule has 1 aromatic carbocycles.